The SMILES string of the molecule is COc1cccc(CC(Cl)c2ccc(OC)cc2OC)c1. The molecule has 0 saturated carbocycles. The summed E-state index contributed by atoms with van der Waals surface area (Å²) in [4.78, 5) is 0. The molecule has 2 aromatic rings. The van der Waals surface area contributed by atoms with Crippen molar-refractivity contribution < 1.29 is 14.2 Å². The minimum atomic E-state index is -0.182. The molecule has 1 unspecified atom stereocenters. The topological polar surface area (TPSA) is 27.7 Å². The maximum absolute atomic E-state index is 6.55. The molecule has 3 nitrogen and oxygen atoms in total. The van der Waals surface area contributed by atoms with Gasteiger partial charge in [0.2, 0.25) is 0 Å². The van der Waals surface area contributed by atoms with Crippen LogP contribution in [0.15, 0.2) is 42.5 Å². The van der Waals surface area contributed by atoms with E-state index in [4.69, 9.17) is 25.8 Å². The fourth-order valence-corrected chi connectivity index (χ4v) is 2.55. The summed E-state index contributed by atoms with van der Waals surface area (Å²) in [5, 5.41) is -0.182. The molecule has 1 atom stereocenters. The molecule has 0 amide bonds. The van der Waals surface area contributed by atoms with Crippen LogP contribution in [0.3, 0.4) is 0 Å². The van der Waals surface area contributed by atoms with E-state index in [9.17, 15) is 0 Å². The fourth-order valence-electron chi connectivity index (χ4n) is 2.19. The van der Waals surface area contributed by atoms with E-state index in [1.807, 2.05) is 42.5 Å². The molecule has 0 N–H and O–H groups in total. The second-order valence-electron chi connectivity index (χ2n) is 4.63. The molecule has 0 aliphatic heterocycles. The van der Waals surface area contributed by atoms with Crippen LogP contribution in [0.2, 0.25) is 0 Å². The third-order valence-electron chi connectivity index (χ3n) is 3.33. The summed E-state index contributed by atoms with van der Waals surface area (Å²) >= 11 is 6.55. The van der Waals surface area contributed by atoms with E-state index in [0.717, 1.165) is 28.4 Å². The van der Waals surface area contributed by atoms with Crippen molar-refractivity contribution >= 4 is 11.6 Å². The molecule has 4 heteroatoms. The van der Waals surface area contributed by atoms with Gasteiger partial charge in [-0.3, -0.25) is 0 Å². The highest BCUT2D eigenvalue weighted by molar-refractivity contribution is 6.21. The lowest BCUT2D eigenvalue weighted by Crippen LogP contribution is -2.00. The smallest absolute Gasteiger partial charge is 0.127 e. The molecule has 112 valence electrons. The number of rotatable bonds is 6. The van der Waals surface area contributed by atoms with E-state index in [0.29, 0.717) is 6.42 Å². The molecule has 0 fully saturated rings. The lowest BCUT2D eigenvalue weighted by Gasteiger charge is -2.15. The second-order valence-corrected chi connectivity index (χ2v) is 5.16. The lowest BCUT2D eigenvalue weighted by molar-refractivity contribution is 0.390. The van der Waals surface area contributed by atoms with Crippen LogP contribution in [0, 0.1) is 0 Å². The third-order valence-corrected chi connectivity index (χ3v) is 3.72. The van der Waals surface area contributed by atoms with Gasteiger partial charge in [0, 0.05) is 11.6 Å². The van der Waals surface area contributed by atoms with Gasteiger partial charge in [0.1, 0.15) is 17.2 Å². The van der Waals surface area contributed by atoms with Crippen LogP contribution in [-0.4, -0.2) is 21.3 Å². The van der Waals surface area contributed by atoms with Gasteiger partial charge in [0.05, 0.1) is 26.7 Å². The van der Waals surface area contributed by atoms with Crippen LogP contribution >= 0.6 is 11.6 Å². The number of methoxy groups -OCH3 is 3. The first-order valence-corrected chi connectivity index (χ1v) is 7.10. The predicted molar refractivity (Wildman–Crippen MR) is 84.8 cm³/mol. The number of ether oxygens (including phenoxy) is 3. The van der Waals surface area contributed by atoms with E-state index in [-0.39, 0.29) is 5.38 Å². The first-order valence-electron chi connectivity index (χ1n) is 6.67. The van der Waals surface area contributed by atoms with Gasteiger partial charge < -0.3 is 14.2 Å². The van der Waals surface area contributed by atoms with Crippen LogP contribution in [0.25, 0.3) is 0 Å². The maximum atomic E-state index is 6.55. The highest BCUT2D eigenvalue weighted by Crippen LogP contribution is 2.35. The zero-order valence-corrected chi connectivity index (χ0v) is 13.2. The molecule has 0 aliphatic carbocycles. The first-order chi connectivity index (χ1) is 10.2. The Morgan fingerprint density at radius 3 is 2.29 bits per heavy atom. The summed E-state index contributed by atoms with van der Waals surface area (Å²) in [7, 11) is 4.92. The Hall–Kier alpha value is -1.87. The largest absolute Gasteiger partial charge is 0.497 e. The average molecular weight is 307 g/mol. The molecule has 0 aromatic heterocycles. The van der Waals surface area contributed by atoms with Crippen LogP contribution in [0.1, 0.15) is 16.5 Å². The zero-order valence-electron chi connectivity index (χ0n) is 12.4. The molecule has 0 aliphatic rings. The highest BCUT2D eigenvalue weighted by Gasteiger charge is 2.15. The van der Waals surface area contributed by atoms with Crippen LogP contribution in [0.5, 0.6) is 17.2 Å². The molecule has 0 radical (unpaired) electrons. The summed E-state index contributed by atoms with van der Waals surface area (Å²) in [6, 6.07) is 13.6. The van der Waals surface area contributed by atoms with Gasteiger partial charge in [-0.25, -0.2) is 0 Å². The summed E-state index contributed by atoms with van der Waals surface area (Å²) in [6.07, 6.45) is 0.696. The minimum absolute atomic E-state index is 0.182. The van der Waals surface area contributed by atoms with Gasteiger partial charge in [-0.15, -0.1) is 11.6 Å². The van der Waals surface area contributed by atoms with Crippen molar-refractivity contribution in [3.8, 4) is 17.2 Å². The number of hydrogen-bond donors (Lipinski definition) is 0. The first kappa shape index (κ1) is 15.5. The summed E-state index contributed by atoms with van der Waals surface area (Å²) in [5.74, 6) is 2.32. The Morgan fingerprint density at radius 2 is 1.62 bits per heavy atom. The van der Waals surface area contributed by atoms with Crippen LogP contribution in [-0.2, 0) is 6.42 Å². The zero-order chi connectivity index (χ0) is 15.2. The molecule has 2 aromatic carbocycles. The predicted octanol–water partition coefficient (Wildman–Crippen LogP) is 4.24. The molecule has 0 heterocycles. The molecule has 0 saturated heterocycles. The number of halogens is 1. The van der Waals surface area contributed by atoms with Crippen molar-refractivity contribution in [2.45, 2.75) is 11.8 Å². The van der Waals surface area contributed by atoms with Crippen molar-refractivity contribution in [2.24, 2.45) is 0 Å². The average Bonchev–Trinajstić information content (AvgIpc) is 2.54. The van der Waals surface area contributed by atoms with Crippen molar-refractivity contribution in [1.82, 2.24) is 0 Å². The summed E-state index contributed by atoms with van der Waals surface area (Å²) < 4.78 is 15.8. The lowest BCUT2D eigenvalue weighted by atomic mass is 10.0. The van der Waals surface area contributed by atoms with Crippen molar-refractivity contribution in [3.63, 3.8) is 0 Å². The van der Waals surface area contributed by atoms with Gasteiger partial charge in [-0.05, 0) is 30.2 Å². The molecule has 0 bridgehead atoms. The van der Waals surface area contributed by atoms with E-state index >= 15 is 0 Å². The van der Waals surface area contributed by atoms with Gasteiger partial charge >= 0.3 is 0 Å². The van der Waals surface area contributed by atoms with Gasteiger partial charge in [0.25, 0.3) is 0 Å². The van der Waals surface area contributed by atoms with Crippen LogP contribution < -0.4 is 14.2 Å². The molecular weight excluding hydrogens is 288 g/mol. The fraction of sp³-hybridized carbons (Fsp3) is 0.294. The number of alkyl halides is 1. The van der Waals surface area contributed by atoms with Gasteiger partial charge in [0.15, 0.2) is 0 Å². The van der Waals surface area contributed by atoms with Crippen molar-refractivity contribution in [3.05, 3.63) is 53.6 Å². The molecule has 0 spiro atoms. The van der Waals surface area contributed by atoms with E-state index < -0.39 is 0 Å². The van der Waals surface area contributed by atoms with Gasteiger partial charge in [-0.1, -0.05) is 18.2 Å². The quantitative estimate of drug-likeness (QED) is 0.747. The Kier molecular flexibility index (Phi) is 5.34. The van der Waals surface area contributed by atoms with E-state index in [2.05, 4.69) is 0 Å². The Bertz CT molecular complexity index is 598. The van der Waals surface area contributed by atoms with Crippen molar-refractivity contribution in [2.75, 3.05) is 21.3 Å². The van der Waals surface area contributed by atoms with E-state index in [1.165, 1.54) is 0 Å². The standard InChI is InChI=1S/C17H19ClO3/c1-19-13-6-4-5-12(9-13)10-16(18)15-8-7-14(20-2)11-17(15)21-3/h4-9,11,16H,10H2,1-3H3. The summed E-state index contributed by atoms with van der Waals surface area (Å²) in [6.45, 7) is 0. The second kappa shape index (κ2) is 7.23. The molecule has 21 heavy (non-hydrogen) atoms. The maximum Gasteiger partial charge on any atom is 0.127 e. The highest BCUT2D eigenvalue weighted by atomic mass is 35.5. The number of benzene rings is 2. The minimum Gasteiger partial charge on any atom is -0.497 e. The molecule has 2 rings (SSSR count). The normalized spacial score (nSPS) is 11.8. The molecular formula is C17H19ClO3. The Labute approximate surface area is 130 Å². The van der Waals surface area contributed by atoms with Crippen molar-refractivity contribution in [1.29, 1.82) is 0 Å². The third kappa shape index (κ3) is 3.82. The van der Waals surface area contributed by atoms with Crippen LogP contribution in [0.4, 0.5) is 0 Å². The van der Waals surface area contributed by atoms with Gasteiger partial charge in [-0.2, -0.15) is 0 Å². The number of hydrogen-bond acceptors (Lipinski definition) is 3. The van der Waals surface area contributed by atoms with E-state index in [1.54, 1.807) is 21.3 Å². The monoisotopic (exact) mass is 306 g/mol. The Balaban J connectivity index is 2.21. The summed E-state index contributed by atoms with van der Waals surface area (Å²) in [5.41, 5.74) is 2.06. The Morgan fingerprint density at radius 1 is 0.905 bits per heavy atom.